The van der Waals surface area contributed by atoms with Crippen molar-refractivity contribution in [2.45, 2.75) is 13.0 Å². The van der Waals surface area contributed by atoms with Crippen molar-refractivity contribution in [2.24, 2.45) is 0 Å². The average molecular weight is 271 g/mol. The molecule has 1 aromatic carbocycles. The summed E-state index contributed by atoms with van der Waals surface area (Å²) in [6, 6.07) is 10.9. The summed E-state index contributed by atoms with van der Waals surface area (Å²) in [6.07, 6.45) is 1.57. The summed E-state index contributed by atoms with van der Waals surface area (Å²) >= 11 is 0. The molecule has 0 radical (unpaired) electrons. The number of benzene rings is 1. The molecule has 1 atom stereocenters. The highest BCUT2D eigenvalue weighted by molar-refractivity contribution is 5.90. The first-order valence-electron chi connectivity index (χ1n) is 6.26. The average Bonchev–Trinajstić information content (AvgIpc) is 2.46. The Morgan fingerprint density at radius 2 is 2.15 bits per heavy atom. The smallest absolute Gasteiger partial charge is 0.338 e. The molecule has 1 aromatic heterocycles. The number of hydrogen-bond acceptors (Lipinski definition) is 5. The van der Waals surface area contributed by atoms with Crippen LogP contribution in [0, 0.1) is 0 Å². The van der Waals surface area contributed by atoms with Crippen molar-refractivity contribution in [1.82, 2.24) is 4.98 Å². The third-order valence-corrected chi connectivity index (χ3v) is 2.96. The summed E-state index contributed by atoms with van der Waals surface area (Å²) < 4.78 is 4.69. The van der Waals surface area contributed by atoms with E-state index >= 15 is 0 Å². The number of hydrogen-bond donors (Lipinski definition) is 2. The lowest BCUT2D eigenvalue weighted by atomic mass is 10.1. The lowest BCUT2D eigenvalue weighted by molar-refractivity contribution is 0.0600. The van der Waals surface area contributed by atoms with E-state index in [9.17, 15) is 4.79 Å². The Labute approximate surface area is 117 Å². The zero-order valence-electron chi connectivity index (χ0n) is 11.5. The first-order valence-corrected chi connectivity index (χ1v) is 6.26. The molecule has 104 valence electrons. The minimum absolute atomic E-state index is 0.0268. The van der Waals surface area contributed by atoms with E-state index in [0.717, 1.165) is 5.56 Å². The number of esters is 1. The highest BCUT2D eigenvalue weighted by Gasteiger charge is 2.09. The molecule has 2 rings (SSSR count). The van der Waals surface area contributed by atoms with Crippen molar-refractivity contribution in [3.8, 4) is 0 Å². The number of carbonyl (C=O) groups excluding carboxylic acids is 1. The number of anilines is 2. The van der Waals surface area contributed by atoms with Gasteiger partial charge in [-0.15, -0.1) is 0 Å². The lowest BCUT2D eigenvalue weighted by Gasteiger charge is -2.15. The van der Waals surface area contributed by atoms with Crippen LogP contribution in [-0.4, -0.2) is 18.1 Å². The third kappa shape index (κ3) is 3.26. The summed E-state index contributed by atoms with van der Waals surface area (Å²) in [5, 5.41) is 3.23. The van der Waals surface area contributed by atoms with E-state index in [1.165, 1.54) is 7.11 Å². The van der Waals surface area contributed by atoms with Gasteiger partial charge in [-0.2, -0.15) is 0 Å². The highest BCUT2D eigenvalue weighted by Crippen LogP contribution is 2.20. The van der Waals surface area contributed by atoms with Crippen LogP contribution < -0.4 is 11.1 Å². The molecule has 0 spiro atoms. The van der Waals surface area contributed by atoms with Gasteiger partial charge in [0.25, 0.3) is 0 Å². The van der Waals surface area contributed by atoms with Gasteiger partial charge in [-0.25, -0.2) is 9.78 Å². The van der Waals surface area contributed by atoms with Crippen molar-refractivity contribution >= 4 is 17.5 Å². The molecular formula is C15H17N3O2. The molecule has 0 aliphatic rings. The summed E-state index contributed by atoms with van der Waals surface area (Å²) in [5.41, 5.74) is 8.00. The van der Waals surface area contributed by atoms with E-state index in [-0.39, 0.29) is 12.0 Å². The molecular weight excluding hydrogens is 254 g/mol. The number of nitrogens with one attached hydrogen (secondary N) is 1. The van der Waals surface area contributed by atoms with Crippen molar-refractivity contribution in [3.05, 3.63) is 53.7 Å². The van der Waals surface area contributed by atoms with Crippen LogP contribution in [0.5, 0.6) is 0 Å². The molecule has 0 aliphatic heterocycles. The SMILES string of the molecule is COC(=O)c1ccnc(NC(C)c2cccc(N)c2)c1. The maximum atomic E-state index is 11.5. The van der Waals surface area contributed by atoms with Crippen LogP contribution in [0.15, 0.2) is 42.6 Å². The second kappa shape index (κ2) is 6.06. The first-order chi connectivity index (χ1) is 9.60. The molecule has 0 bridgehead atoms. The minimum atomic E-state index is -0.382. The van der Waals surface area contributed by atoms with Crippen LogP contribution in [0.1, 0.15) is 28.9 Å². The maximum Gasteiger partial charge on any atom is 0.338 e. The van der Waals surface area contributed by atoms with Gasteiger partial charge in [0.1, 0.15) is 5.82 Å². The van der Waals surface area contributed by atoms with Gasteiger partial charge >= 0.3 is 5.97 Å². The minimum Gasteiger partial charge on any atom is -0.465 e. The fraction of sp³-hybridized carbons (Fsp3) is 0.200. The molecule has 5 heteroatoms. The quantitative estimate of drug-likeness (QED) is 0.660. The van der Waals surface area contributed by atoms with Gasteiger partial charge in [-0.1, -0.05) is 12.1 Å². The second-order valence-corrected chi connectivity index (χ2v) is 4.46. The van der Waals surface area contributed by atoms with Gasteiger partial charge in [-0.3, -0.25) is 0 Å². The first kappa shape index (κ1) is 13.9. The standard InChI is InChI=1S/C15H17N3O2/c1-10(11-4-3-5-13(16)8-11)18-14-9-12(6-7-17-14)15(19)20-2/h3-10H,16H2,1-2H3,(H,17,18). The Bertz CT molecular complexity index is 614. The van der Waals surface area contributed by atoms with Crippen LogP contribution in [0.3, 0.4) is 0 Å². The highest BCUT2D eigenvalue weighted by atomic mass is 16.5. The summed E-state index contributed by atoms with van der Waals surface area (Å²) in [4.78, 5) is 15.7. The molecule has 20 heavy (non-hydrogen) atoms. The molecule has 2 aromatic rings. The Morgan fingerprint density at radius 3 is 2.85 bits per heavy atom. The van der Waals surface area contributed by atoms with E-state index < -0.39 is 0 Å². The number of pyridine rings is 1. The fourth-order valence-electron chi connectivity index (χ4n) is 1.89. The van der Waals surface area contributed by atoms with Gasteiger partial charge in [0.2, 0.25) is 0 Å². The van der Waals surface area contributed by atoms with Crippen molar-refractivity contribution in [2.75, 3.05) is 18.2 Å². The Balaban J connectivity index is 2.15. The van der Waals surface area contributed by atoms with Gasteiger partial charge in [0, 0.05) is 11.9 Å². The van der Waals surface area contributed by atoms with E-state index in [1.807, 2.05) is 31.2 Å². The maximum absolute atomic E-state index is 11.5. The normalized spacial score (nSPS) is 11.7. The van der Waals surface area contributed by atoms with Gasteiger partial charge < -0.3 is 15.8 Å². The Kier molecular flexibility index (Phi) is 4.20. The van der Waals surface area contributed by atoms with Crippen molar-refractivity contribution < 1.29 is 9.53 Å². The van der Waals surface area contributed by atoms with Crippen LogP contribution in [0.2, 0.25) is 0 Å². The van der Waals surface area contributed by atoms with E-state index in [4.69, 9.17) is 5.73 Å². The molecule has 1 heterocycles. The zero-order chi connectivity index (χ0) is 14.5. The Hall–Kier alpha value is -2.56. The molecule has 5 nitrogen and oxygen atoms in total. The summed E-state index contributed by atoms with van der Waals surface area (Å²) in [7, 11) is 1.35. The van der Waals surface area contributed by atoms with Crippen LogP contribution in [0.4, 0.5) is 11.5 Å². The molecule has 0 saturated heterocycles. The van der Waals surface area contributed by atoms with Crippen LogP contribution >= 0.6 is 0 Å². The summed E-state index contributed by atoms with van der Waals surface area (Å²) in [6.45, 7) is 2.00. The summed E-state index contributed by atoms with van der Waals surface area (Å²) in [5.74, 6) is 0.231. The number of ether oxygens (including phenoxy) is 1. The molecule has 0 fully saturated rings. The molecule has 3 N–H and O–H groups in total. The molecule has 0 saturated carbocycles. The number of methoxy groups -OCH3 is 1. The zero-order valence-corrected chi connectivity index (χ0v) is 11.5. The van der Waals surface area contributed by atoms with E-state index in [0.29, 0.717) is 17.1 Å². The van der Waals surface area contributed by atoms with E-state index in [1.54, 1.807) is 18.3 Å². The van der Waals surface area contributed by atoms with Crippen LogP contribution in [-0.2, 0) is 4.74 Å². The molecule has 0 amide bonds. The lowest BCUT2D eigenvalue weighted by Crippen LogP contribution is -2.09. The van der Waals surface area contributed by atoms with E-state index in [2.05, 4.69) is 15.0 Å². The predicted octanol–water partition coefficient (Wildman–Crippen LogP) is 2.62. The van der Waals surface area contributed by atoms with Gasteiger partial charge in [0.05, 0.1) is 18.7 Å². The number of aromatic nitrogens is 1. The third-order valence-electron chi connectivity index (χ3n) is 2.96. The van der Waals surface area contributed by atoms with Gasteiger partial charge in [-0.05, 0) is 36.8 Å². The fourth-order valence-corrected chi connectivity index (χ4v) is 1.89. The Morgan fingerprint density at radius 1 is 1.35 bits per heavy atom. The monoisotopic (exact) mass is 271 g/mol. The molecule has 0 aliphatic carbocycles. The second-order valence-electron chi connectivity index (χ2n) is 4.46. The largest absolute Gasteiger partial charge is 0.465 e. The number of rotatable bonds is 4. The molecule has 1 unspecified atom stereocenters. The number of nitrogens with two attached hydrogens (primary N) is 1. The van der Waals surface area contributed by atoms with Crippen molar-refractivity contribution in [1.29, 1.82) is 0 Å². The predicted molar refractivity (Wildman–Crippen MR) is 78.5 cm³/mol. The van der Waals surface area contributed by atoms with Gasteiger partial charge in [0.15, 0.2) is 0 Å². The number of nitrogen functional groups attached to an aromatic ring is 1. The van der Waals surface area contributed by atoms with Crippen LogP contribution in [0.25, 0.3) is 0 Å². The number of nitrogens with zero attached hydrogens (tertiary/aromatic N) is 1. The number of carbonyl (C=O) groups is 1. The topological polar surface area (TPSA) is 77.2 Å². The van der Waals surface area contributed by atoms with Crippen molar-refractivity contribution in [3.63, 3.8) is 0 Å².